The minimum atomic E-state index is -0.489. The largest absolute Gasteiger partial charge is 0.370 e. The van der Waals surface area contributed by atoms with Crippen LogP contribution in [0.4, 0.5) is 5.69 Å². The first kappa shape index (κ1) is 22.6. The first-order valence-corrected chi connectivity index (χ1v) is 12.8. The zero-order chi connectivity index (χ0) is 23.7. The third-order valence-electron chi connectivity index (χ3n) is 6.86. The van der Waals surface area contributed by atoms with Crippen LogP contribution in [-0.4, -0.2) is 54.2 Å². The molecule has 4 amide bonds. The predicted molar refractivity (Wildman–Crippen MR) is 129 cm³/mol. The number of carbonyl (C=O) groups is 4. The lowest BCUT2D eigenvalue weighted by molar-refractivity contribution is -0.131. The summed E-state index contributed by atoms with van der Waals surface area (Å²) >= 11 is 1.51. The van der Waals surface area contributed by atoms with E-state index in [0.717, 1.165) is 30.6 Å². The van der Waals surface area contributed by atoms with E-state index >= 15 is 0 Å². The van der Waals surface area contributed by atoms with Crippen LogP contribution in [0.3, 0.4) is 0 Å². The number of carbonyl (C=O) groups excluding carboxylic acids is 4. The van der Waals surface area contributed by atoms with E-state index < -0.39 is 6.04 Å². The quantitative estimate of drug-likeness (QED) is 0.641. The van der Waals surface area contributed by atoms with Gasteiger partial charge in [0.25, 0.3) is 11.8 Å². The number of piperidine rings is 1. The van der Waals surface area contributed by atoms with Crippen molar-refractivity contribution < 1.29 is 19.2 Å². The van der Waals surface area contributed by atoms with Gasteiger partial charge in [0.05, 0.1) is 29.3 Å². The van der Waals surface area contributed by atoms with Gasteiger partial charge in [0.2, 0.25) is 11.8 Å². The van der Waals surface area contributed by atoms with E-state index in [4.69, 9.17) is 0 Å². The van der Waals surface area contributed by atoms with E-state index in [-0.39, 0.29) is 36.1 Å². The maximum absolute atomic E-state index is 13.3. The Morgan fingerprint density at radius 2 is 1.94 bits per heavy atom. The first-order chi connectivity index (χ1) is 16.5. The van der Waals surface area contributed by atoms with Gasteiger partial charge in [0.1, 0.15) is 6.04 Å². The number of amides is 4. The molecule has 2 saturated heterocycles. The molecule has 0 bridgehead atoms. The van der Waals surface area contributed by atoms with Gasteiger partial charge in [0, 0.05) is 24.5 Å². The summed E-state index contributed by atoms with van der Waals surface area (Å²) in [6.07, 6.45) is 3.99. The van der Waals surface area contributed by atoms with Crippen LogP contribution in [-0.2, 0) is 16.1 Å². The minimum absolute atomic E-state index is 0.116. The Hall–Kier alpha value is -3.20. The molecule has 0 aliphatic carbocycles. The minimum Gasteiger partial charge on any atom is -0.370 e. The number of anilines is 1. The Kier molecular flexibility index (Phi) is 6.36. The molecule has 178 valence electrons. The second-order valence-electron chi connectivity index (χ2n) is 9.11. The van der Waals surface area contributed by atoms with Gasteiger partial charge in [-0.15, -0.1) is 11.3 Å². The summed E-state index contributed by atoms with van der Waals surface area (Å²) in [5.74, 6) is -1.09. The monoisotopic (exact) mass is 480 g/mol. The Labute approximate surface area is 202 Å². The molecular formula is C25H28N4O4S. The van der Waals surface area contributed by atoms with Gasteiger partial charge < -0.3 is 15.5 Å². The van der Waals surface area contributed by atoms with E-state index in [1.807, 2.05) is 28.5 Å². The Bertz CT molecular complexity index is 1120. The van der Waals surface area contributed by atoms with Crippen molar-refractivity contribution in [3.63, 3.8) is 0 Å². The van der Waals surface area contributed by atoms with E-state index in [2.05, 4.69) is 10.6 Å². The molecule has 3 aliphatic heterocycles. The van der Waals surface area contributed by atoms with Crippen LogP contribution in [0.5, 0.6) is 0 Å². The Morgan fingerprint density at radius 3 is 2.76 bits per heavy atom. The number of hydrogen-bond donors (Lipinski definition) is 2. The van der Waals surface area contributed by atoms with Crippen LogP contribution in [0, 0.1) is 5.92 Å². The summed E-state index contributed by atoms with van der Waals surface area (Å²) in [5.41, 5.74) is 1.54. The zero-order valence-corrected chi connectivity index (χ0v) is 19.7. The van der Waals surface area contributed by atoms with Crippen molar-refractivity contribution in [3.05, 3.63) is 51.7 Å². The van der Waals surface area contributed by atoms with Crippen LogP contribution < -0.4 is 15.5 Å². The fourth-order valence-corrected chi connectivity index (χ4v) is 5.75. The molecule has 9 heteroatoms. The van der Waals surface area contributed by atoms with Crippen LogP contribution in [0.25, 0.3) is 0 Å². The van der Waals surface area contributed by atoms with Crippen molar-refractivity contribution in [2.75, 3.05) is 24.5 Å². The summed E-state index contributed by atoms with van der Waals surface area (Å²) in [5, 5.41) is 7.73. The van der Waals surface area contributed by atoms with E-state index in [9.17, 15) is 19.2 Å². The smallest absolute Gasteiger partial charge is 0.264 e. The molecule has 0 saturated carbocycles. The lowest BCUT2D eigenvalue weighted by Crippen LogP contribution is -2.50. The summed E-state index contributed by atoms with van der Waals surface area (Å²) in [4.78, 5) is 55.9. The molecule has 8 nitrogen and oxygen atoms in total. The van der Waals surface area contributed by atoms with Crippen LogP contribution in [0.15, 0.2) is 35.7 Å². The second-order valence-corrected chi connectivity index (χ2v) is 10.1. The molecule has 0 spiro atoms. The molecule has 1 aromatic heterocycles. The maximum Gasteiger partial charge on any atom is 0.264 e. The number of fused-ring (bicyclic) bond motifs is 1. The SMILES string of the molecule is O=C(N[C@H]1CCCCNC1=O)[C@@H]1CCCN(c2cccc3c2C(=O)N(Cc2cccs2)C3=O)C1. The van der Waals surface area contributed by atoms with Gasteiger partial charge in [-0.05, 0) is 55.7 Å². The second kappa shape index (κ2) is 9.58. The van der Waals surface area contributed by atoms with Gasteiger partial charge in [-0.25, -0.2) is 0 Å². The molecule has 4 heterocycles. The van der Waals surface area contributed by atoms with Gasteiger partial charge in [-0.2, -0.15) is 0 Å². The summed E-state index contributed by atoms with van der Waals surface area (Å²) in [6.45, 7) is 2.06. The number of nitrogens with zero attached hydrogens (tertiary/aromatic N) is 2. The lowest BCUT2D eigenvalue weighted by atomic mass is 9.94. The normalized spacial score (nSPS) is 22.9. The fourth-order valence-electron chi connectivity index (χ4n) is 5.06. The zero-order valence-electron chi connectivity index (χ0n) is 18.9. The van der Waals surface area contributed by atoms with Crippen molar-refractivity contribution in [2.24, 2.45) is 5.92 Å². The van der Waals surface area contributed by atoms with Crippen LogP contribution in [0.2, 0.25) is 0 Å². The topological polar surface area (TPSA) is 98.8 Å². The molecule has 5 rings (SSSR count). The molecule has 1 aromatic carbocycles. The molecule has 2 atom stereocenters. The Balaban J connectivity index is 1.32. The van der Waals surface area contributed by atoms with Crippen molar-refractivity contribution >= 4 is 40.7 Å². The fraction of sp³-hybridized carbons (Fsp3) is 0.440. The Morgan fingerprint density at radius 1 is 1.06 bits per heavy atom. The number of nitrogens with one attached hydrogen (secondary N) is 2. The van der Waals surface area contributed by atoms with Crippen molar-refractivity contribution in [2.45, 2.75) is 44.7 Å². The first-order valence-electron chi connectivity index (χ1n) is 11.9. The molecule has 2 aromatic rings. The van der Waals surface area contributed by atoms with Gasteiger partial charge >= 0.3 is 0 Å². The lowest BCUT2D eigenvalue weighted by Gasteiger charge is -2.35. The average molecular weight is 481 g/mol. The van der Waals surface area contributed by atoms with Crippen molar-refractivity contribution in [1.82, 2.24) is 15.5 Å². The number of rotatable bonds is 5. The number of thiophene rings is 1. The molecule has 3 aliphatic rings. The highest BCUT2D eigenvalue weighted by Crippen LogP contribution is 2.35. The summed E-state index contributed by atoms with van der Waals surface area (Å²) < 4.78 is 0. The predicted octanol–water partition coefficient (Wildman–Crippen LogP) is 2.55. The third kappa shape index (κ3) is 4.32. The standard InChI is InChI=1S/C25H28N4O4S/c30-22(27-19-9-1-2-11-26-23(19)31)16-6-4-12-28(14-16)20-10-3-8-18-21(20)25(33)29(24(18)32)15-17-7-5-13-34-17/h3,5,7-8,10,13,16,19H,1-2,4,6,9,11-12,14-15H2,(H,26,31)(H,27,30)/t16-,19+/m1/s1. The number of hydrogen-bond acceptors (Lipinski definition) is 6. The highest BCUT2D eigenvalue weighted by molar-refractivity contribution is 7.09. The van der Waals surface area contributed by atoms with E-state index in [0.29, 0.717) is 42.9 Å². The molecule has 2 N–H and O–H groups in total. The van der Waals surface area contributed by atoms with E-state index in [1.54, 1.807) is 12.1 Å². The molecule has 0 unspecified atom stereocenters. The molecule has 34 heavy (non-hydrogen) atoms. The van der Waals surface area contributed by atoms with Gasteiger partial charge in [0.15, 0.2) is 0 Å². The van der Waals surface area contributed by atoms with Crippen LogP contribution in [0.1, 0.15) is 57.7 Å². The molecule has 0 radical (unpaired) electrons. The van der Waals surface area contributed by atoms with Gasteiger partial charge in [-0.1, -0.05) is 12.1 Å². The van der Waals surface area contributed by atoms with Gasteiger partial charge in [-0.3, -0.25) is 24.1 Å². The van der Waals surface area contributed by atoms with Crippen LogP contribution >= 0.6 is 11.3 Å². The number of imide groups is 1. The molecular weight excluding hydrogens is 452 g/mol. The average Bonchev–Trinajstić information content (AvgIpc) is 3.39. The molecule has 2 fully saturated rings. The summed E-state index contributed by atoms with van der Waals surface area (Å²) in [7, 11) is 0. The third-order valence-corrected chi connectivity index (χ3v) is 7.72. The van der Waals surface area contributed by atoms with Crippen molar-refractivity contribution in [1.29, 1.82) is 0 Å². The van der Waals surface area contributed by atoms with Crippen molar-refractivity contribution in [3.8, 4) is 0 Å². The maximum atomic E-state index is 13.3. The highest BCUT2D eigenvalue weighted by Gasteiger charge is 2.39. The van der Waals surface area contributed by atoms with E-state index in [1.165, 1.54) is 16.2 Å². The summed E-state index contributed by atoms with van der Waals surface area (Å²) in [6, 6.07) is 8.69. The number of benzene rings is 1. The highest BCUT2D eigenvalue weighted by atomic mass is 32.1.